The standard InChI is InChI=1S/C13H20N2O2.C8H11NO2.C5H9N/c1-4-5-9-12(14)15-13-10(16-2)7-6-8-11(13)17-3;1-10-6-4-3-5-7(11-2)8(6)9;1-3-4-5-6-2/h6-8H,4-5,9H2,1-3H3,(H2,14,15);3-5H,9H2,1-2H3;3-5H2,1H3. The number of anilines is 1. The largest absolute Gasteiger partial charge is 0.494 e. The van der Waals surface area contributed by atoms with Gasteiger partial charge in [0, 0.05) is 12.8 Å². The van der Waals surface area contributed by atoms with E-state index in [1.165, 1.54) is 0 Å². The lowest BCUT2D eigenvalue weighted by molar-refractivity contribution is 0.397. The van der Waals surface area contributed by atoms with Crippen molar-refractivity contribution in [2.24, 2.45) is 10.7 Å². The number of para-hydroxylation sites is 2. The van der Waals surface area contributed by atoms with Crippen LogP contribution in [0.25, 0.3) is 4.85 Å². The molecule has 0 aromatic heterocycles. The summed E-state index contributed by atoms with van der Waals surface area (Å²) in [5.74, 6) is 3.23. The Hall–Kier alpha value is -3.60. The van der Waals surface area contributed by atoms with Gasteiger partial charge in [-0.3, -0.25) is 0 Å². The molecule has 0 aliphatic heterocycles. The van der Waals surface area contributed by atoms with Crippen LogP contribution in [0.3, 0.4) is 0 Å². The molecule has 34 heavy (non-hydrogen) atoms. The van der Waals surface area contributed by atoms with Crippen LogP contribution in [0, 0.1) is 6.57 Å². The molecule has 0 aliphatic rings. The molecule has 8 nitrogen and oxygen atoms in total. The zero-order valence-corrected chi connectivity index (χ0v) is 21.4. The van der Waals surface area contributed by atoms with Crippen LogP contribution < -0.4 is 30.4 Å². The van der Waals surface area contributed by atoms with Crippen LogP contribution in [0.4, 0.5) is 11.4 Å². The molecule has 0 atom stereocenters. The van der Waals surface area contributed by atoms with Crippen LogP contribution in [0.5, 0.6) is 23.0 Å². The summed E-state index contributed by atoms with van der Waals surface area (Å²) < 4.78 is 20.5. The lowest BCUT2D eigenvalue weighted by Crippen LogP contribution is -2.10. The van der Waals surface area contributed by atoms with Gasteiger partial charge in [-0.05, 0) is 37.1 Å². The third-order valence-electron chi connectivity index (χ3n) is 4.53. The Morgan fingerprint density at radius 1 is 0.824 bits per heavy atom. The maximum Gasteiger partial charge on any atom is 0.214 e. The molecule has 0 fully saturated rings. The Morgan fingerprint density at radius 3 is 1.62 bits per heavy atom. The summed E-state index contributed by atoms with van der Waals surface area (Å²) in [5.41, 5.74) is 12.7. The molecule has 0 amide bonds. The van der Waals surface area contributed by atoms with Crippen molar-refractivity contribution >= 4 is 17.2 Å². The lowest BCUT2D eigenvalue weighted by Gasteiger charge is -2.10. The fourth-order valence-electron chi connectivity index (χ4n) is 2.62. The first-order valence-electron chi connectivity index (χ1n) is 11.3. The van der Waals surface area contributed by atoms with Gasteiger partial charge in [0.25, 0.3) is 0 Å². The molecule has 0 spiro atoms. The summed E-state index contributed by atoms with van der Waals surface area (Å²) in [4.78, 5) is 7.56. The van der Waals surface area contributed by atoms with E-state index in [0.717, 1.165) is 32.1 Å². The van der Waals surface area contributed by atoms with E-state index in [2.05, 4.69) is 23.7 Å². The van der Waals surface area contributed by atoms with E-state index < -0.39 is 0 Å². The van der Waals surface area contributed by atoms with E-state index >= 15 is 0 Å². The highest BCUT2D eigenvalue weighted by Crippen LogP contribution is 2.37. The smallest absolute Gasteiger partial charge is 0.214 e. The monoisotopic (exact) mass is 472 g/mol. The Balaban J connectivity index is 0.000000547. The first-order chi connectivity index (χ1) is 16.4. The third-order valence-corrected chi connectivity index (χ3v) is 4.53. The minimum absolute atomic E-state index is 0.539. The molecule has 0 heterocycles. The lowest BCUT2D eigenvalue weighted by atomic mass is 10.2. The highest BCUT2D eigenvalue weighted by atomic mass is 16.5. The molecule has 0 radical (unpaired) electrons. The van der Waals surface area contributed by atoms with Crippen LogP contribution >= 0.6 is 0 Å². The van der Waals surface area contributed by atoms with Crippen molar-refractivity contribution < 1.29 is 18.9 Å². The van der Waals surface area contributed by atoms with E-state index in [4.69, 9.17) is 37.0 Å². The molecule has 2 aromatic carbocycles. The average Bonchev–Trinajstić information content (AvgIpc) is 2.87. The maximum atomic E-state index is 6.33. The van der Waals surface area contributed by atoms with Gasteiger partial charge in [-0.15, -0.1) is 0 Å². The summed E-state index contributed by atoms with van der Waals surface area (Å²) in [6, 6.07) is 10.9. The van der Waals surface area contributed by atoms with Crippen molar-refractivity contribution in [2.45, 2.75) is 46.0 Å². The van der Waals surface area contributed by atoms with Crippen molar-refractivity contribution in [2.75, 3.05) is 40.7 Å². The number of methoxy groups -OCH3 is 4. The maximum absolute atomic E-state index is 6.33. The molecular formula is C26H40N4O4. The normalized spacial score (nSPS) is 9.97. The quantitative estimate of drug-likeness (QED) is 0.147. The molecule has 0 bridgehead atoms. The van der Waals surface area contributed by atoms with E-state index in [-0.39, 0.29) is 0 Å². The van der Waals surface area contributed by atoms with Crippen molar-refractivity contribution in [1.29, 1.82) is 0 Å². The molecule has 8 heteroatoms. The fraction of sp³-hybridized carbons (Fsp3) is 0.462. The predicted octanol–water partition coefficient (Wildman–Crippen LogP) is 5.87. The zero-order chi connectivity index (χ0) is 25.8. The summed E-state index contributed by atoms with van der Waals surface area (Å²) in [6.45, 7) is 11.2. The van der Waals surface area contributed by atoms with E-state index in [1.54, 1.807) is 40.6 Å². The van der Waals surface area contributed by atoms with Crippen LogP contribution in [-0.2, 0) is 0 Å². The highest BCUT2D eigenvalue weighted by molar-refractivity contribution is 5.85. The number of rotatable bonds is 10. The van der Waals surface area contributed by atoms with Gasteiger partial charge in [0.15, 0.2) is 0 Å². The summed E-state index contributed by atoms with van der Waals surface area (Å²) >= 11 is 0. The average molecular weight is 473 g/mol. The summed E-state index contributed by atoms with van der Waals surface area (Å²) in [6.07, 6.45) is 5.12. The molecule has 0 saturated carbocycles. The molecule has 0 saturated heterocycles. The van der Waals surface area contributed by atoms with Crippen molar-refractivity contribution in [1.82, 2.24) is 0 Å². The molecule has 2 rings (SSSR count). The van der Waals surface area contributed by atoms with Crippen LogP contribution in [0.15, 0.2) is 41.4 Å². The molecule has 4 N–H and O–H groups in total. The highest BCUT2D eigenvalue weighted by Gasteiger charge is 2.09. The van der Waals surface area contributed by atoms with Gasteiger partial charge in [0.05, 0.1) is 34.3 Å². The number of hydrogen-bond donors (Lipinski definition) is 2. The second kappa shape index (κ2) is 18.9. The van der Waals surface area contributed by atoms with E-state index in [1.807, 2.05) is 24.3 Å². The Labute approximate surface area is 204 Å². The first kappa shape index (κ1) is 30.4. The number of benzene rings is 2. The van der Waals surface area contributed by atoms with Gasteiger partial charge in [0.2, 0.25) is 6.54 Å². The number of nitrogens with zero attached hydrogens (tertiary/aromatic N) is 2. The molecular weight excluding hydrogens is 432 g/mol. The van der Waals surface area contributed by atoms with E-state index in [0.29, 0.717) is 46.8 Å². The molecule has 0 unspecified atom stereocenters. The van der Waals surface area contributed by atoms with Gasteiger partial charge in [-0.1, -0.05) is 32.4 Å². The van der Waals surface area contributed by atoms with Gasteiger partial charge in [0.1, 0.15) is 34.4 Å². The number of hydrogen-bond acceptors (Lipinski definition) is 6. The molecule has 188 valence electrons. The number of unbranched alkanes of at least 4 members (excludes halogenated alkanes) is 2. The first-order valence-corrected chi connectivity index (χ1v) is 11.3. The van der Waals surface area contributed by atoms with Gasteiger partial charge in [-0.25, -0.2) is 11.6 Å². The SMILES string of the molecule is CCCCC(N)=Nc1c(OC)cccc1OC.COc1cccc(OC)c1N.[C-]#[N+]CCCC. The topological polar surface area (TPSA) is 106 Å². The molecule has 2 aromatic rings. The zero-order valence-electron chi connectivity index (χ0n) is 21.4. The van der Waals surface area contributed by atoms with Crippen molar-refractivity contribution in [3.05, 3.63) is 47.8 Å². The minimum atomic E-state index is 0.539. The van der Waals surface area contributed by atoms with Gasteiger partial charge >= 0.3 is 0 Å². The Morgan fingerprint density at radius 2 is 1.26 bits per heavy atom. The van der Waals surface area contributed by atoms with E-state index in [9.17, 15) is 0 Å². The minimum Gasteiger partial charge on any atom is -0.494 e. The van der Waals surface area contributed by atoms with Crippen LogP contribution in [0.2, 0.25) is 0 Å². The van der Waals surface area contributed by atoms with Gasteiger partial charge in [-0.2, -0.15) is 0 Å². The Bertz CT molecular complexity index is 850. The second-order valence-corrected chi connectivity index (χ2v) is 7.03. The second-order valence-electron chi connectivity index (χ2n) is 7.03. The number of ether oxygens (including phenoxy) is 4. The van der Waals surface area contributed by atoms with Crippen LogP contribution in [0.1, 0.15) is 46.0 Å². The van der Waals surface area contributed by atoms with Crippen LogP contribution in [-0.4, -0.2) is 40.8 Å². The number of nitrogen functional groups attached to an aromatic ring is 1. The third kappa shape index (κ3) is 11.3. The summed E-state index contributed by atoms with van der Waals surface area (Å²) in [5, 5.41) is 0. The fourth-order valence-corrected chi connectivity index (χ4v) is 2.62. The number of nitrogens with two attached hydrogens (primary N) is 2. The number of amidine groups is 1. The number of aliphatic imine (C=N–C) groups is 1. The van der Waals surface area contributed by atoms with Crippen molar-refractivity contribution in [3.8, 4) is 23.0 Å². The summed E-state index contributed by atoms with van der Waals surface area (Å²) in [7, 11) is 6.36. The predicted molar refractivity (Wildman–Crippen MR) is 141 cm³/mol. The van der Waals surface area contributed by atoms with Gasteiger partial charge < -0.3 is 35.3 Å². The molecule has 0 aliphatic carbocycles. The Kier molecular flexibility index (Phi) is 16.9. The van der Waals surface area contributed by atoms with Crippen molar-refractivity contribution in [3.63, 3.8) is 0 Å².